The summed E-state index contributed by atoms with van der Waals surface area (Å²) < 4.78 is 10.2. The van der Waals surface area contributed by atoms with Gasteiger partial charge in [0.1, 0.15) is 11.6 Å². The first-order valence-electron chi connectivity index (χ1n) is 7.74. The van der Waals surface area contributed by atoms with E-state index in [1.807, 2.05) is 27.7 Å². The molecule has 2 N–H and O–H groups in total. The maximum atomic E-state index is 12.0. The Bertz CT molecular complexity index is 536. The molecule has 0 saturated heterocycles. The van der Waals surface area contributed by atoms with Crippen LogP contribution in [0, 0.1) is 5.92 Å². The van der Waals surface area contributed by atoms with Gasteiger partial charge in [-0.2, -0.15) is 0 Å². The summed E-state index contributed by atoms with van der Waals surface area (Å²) in [6, 6.07) is -0.668. The molecule has 0 bridgehead atoms. The second-order valence-corrected chi connectivity index (χ2v) is 7.36. The van der Waals surface area contributed by atoms with E-state index >= 15 is 0 Å². The molecule has 23 heavy (non-hydrogen) atoms. The van der Waals surface area contributed by atoms with Gasteiger partial charge in [0.2, 0.25) is 0 Å². The summed E-state index contributed by atoms with van der Waals surface area (Å²) in [5, 5.41) is 2.52. The Balaban J connectivity index is 2.51. The molecule has 1 heterocycles. The lowest BCUT2D eigenvalue weighted by atomic mass is 9.97. The van der Waals surface area contributed by atoms with Gasteiger partial charge in [0, 0.05) is 5.38 Å². The van der Waals surface area contributed by atoms with Crippen molar-refractivity contribution < 1.29 is 19.1 Å². The fourth-order valence-electron chi connectivity index (χ4n) is 1.86. The molecule has 1 aromatic heterocycles. The quantitative estimate of drug-likeness (QED) is 0.766. The molecule has 0 saturated carbocycles. The van der Waals surface area contributed by atoms with Crippen molar-refractivity contribution in [2.24, 2.45) is 11.7 Å². The number of esters is 2. The topological polar surface area (TPSA) is 91.5 Å². The van der Waals surface area contributed by atoms with E-state index in [1.165, 1.54) is 11.3 Å². The summed E-state index contributed by atoms with van der Waals surface area (Å²) >= 11 is 1.41. The maximum absolute atomic E-state index is 12.0. The van der Waals surface area contributed by atoms with Gasteiger partial charge >= 0.3 is 11.9 Å². The smallest absolute Gasteiger partial charge is 0.357 e. The number of ether oxygens (including phenoxy) is 2. The van der Waals surface area contributed by atoms with Crippen molar-refractivity contribution in [2.75, 3.05) is 6.61 Å². The summed E-state index contributed by atoms with van der Waals surface area (Å²) in [5.74, 6) is -0.843. The first-order chi connectivity index (χ1) is 10.6. The number of hydrogen-bond donors (Lipinski definition) is 1. The van der Waals surface area contributed by atoms with Gasteiger partial charge in [-0.05, 0) is 46.5 Å². The number of rotatable bonds is 7. The normalized spacial score (nSPS) is 14.2. The Morgan fingerprint density at radius 1 is 1.39 bits per heavy atom. The molecule has 0 amide bonds. The van der Waals surface area contributed by atoms with Gasteiger partial charge in [0.05, 0.1) is 11.6 Å². The van der Waals surface area contributed by atoms with Crippen molar-refractivity contribution >= 4 is 23.3 Å². The largest absolute Gasteiger partial charge is 0.461 e. The lowest BCUT2D eigenvalue weighted by Gasteiger charge is -2.24. The molecule has 0 spiro atoms. The van der Waals surface area contributed by atoms with Crippen molar-refractivity contribution in [3.8, 4) is 0 Å². The van der Waals surface area contributed by atoms with E-state index in [0.29, 0.717) is 25.1 Å². The Kier molecular flexibility index (Phi) is 7.15. The molecule has 130 valence electrons. The summed E-state index contributed by atoms with van der Waals surface area (Å²) in [6.07, 6.45) is 1.35. The third-order valence-electron chi connectivity index (χ3n) is 3.14. The number of aromatic nitrogens is 1. The average molecular weight is 342 g/mol. The summed E-state index contributed by atoms with van der Waals surface area (Å²) in [6.45, 7) is 9.44. The predicted octanol–water partition coefficient (Wildman–Crippen LogP) is 2.56. The van der Waals surface area contributed by atoms with Crippen molar-refractivity contribution in [1.29, 1.82) is 0 Å². The van der Waals surface area contributed by atoms with Gasteiger partial charge < -0.3 is 15.2 Å². The highest BCUT2D eigenvalue weighted by atomic mass is 32.1. The van der Waals surface area contributed by atoms with E-state index in [9.17, 15) is 9.59 Å². The van der Waals surface area contributed by atoms with Crippen LogP contribution in [0.2, 0.25) is 0 Å². The maximum Gasteiger partial charge on any atom is 0.357 e. The second-order valence-electron chi connectivity index (χ2n) is 6.42. The molecule has 0 aliphatic carbocycles. The van der Waals surface area contributed by atoms with Crippen molar-refractivity contribution in [3.05, 3.63) is 16.1 Å². The number of nitrogens with zero attached hydrogens (tertiary/aromatic N) is 1. The van der Waals surface area contributed by atoms with Crippen LogP contribution < -0.4 is 5.73 Å². The fourth-order valence-corrected chi connectivity index (χ4v) is 2.64. The summed E-state index contributed by atoms with van der Waals surface area (Å²) in [4.78, 5) is 27.8. The van der Waals surface area contributed by atoms with E-state index in [0.717, 1.165) is 5.01 Å². The monoisotopic (exact) mass is 342 g/mol. The number of thiazole rings is 1. The molecule has 6 nitrogen and oxygen atoms in total. The van der Waals surface area contributed by atoms with Crippen LogP contribution in [-0.2, 0) is 20.7 Å². The highest BCUT2D eigenvalue weighted by Crippen LogP contribution is 2.18. The Morgan fingerprint density at radius 3 is 2.61 bits per heavy atom. The van der Waals surface area contributed by atoms with E-state index in [1.54, 1.807) is 12.3 Å². The van der Waals surface area contributed by atoms with Crippen LogP contribution in [0.1, 0.15) is 56.5 Å². The Labute approximate surface area is 141 Å². The predicted molar refractivity (Wildman–Crippen MR) is 89.4 cm³/mol. The zero-order chi connectivity index (χ0) is 17.6. The van der Waals surface area contributed by atoms with Crippen LogP contribution in [0.5, 0.6) is 0 Å². The molecule has 1 rings (SSSR count). The molecule has 0 aliphatic rings. The van der Waals surface area contributed by atoms with Gasteiger partial charge in [-0.3, -0.25) is 4.79 Å². The second kappa shape index (κ2) is 8.40. The van der Waals surface area contributed by atoms with Crippen LogP contribution in [-0.4, -0.2) is 35.2 Å². The Hall–Kier alpha value is -1.47. The number of carbonyl (C=O) groups is 2. The average Bonchev–Trinajstić information content (AvgIpc) is 2.91. The molecular weight excluding hydrogens is 316 g/mol. The van der Waals surface area contributed by atoms with Crippen LogP contribution in [0.15, 0.2) is 5.38 Å². The minimum absolute atomic E-state index is 0.0419. The number of aryl methyl sites for hydroxylation is 1. The lowest BCUT2D eigenvalue weighted by molar-refractivity contribution is -0.157. The molecule has 0 aliphatic heterocycles. The van der Waals surface area contributed by atoms with Crippen LogP contribution in [0.25, 0.3) is 0 Å². The highest BCUT2D eigenvalue weighted by molar-refractivity contribution is 7.09. The van der Waals surface area contributed by atoms with E-state index < -0.39 is 23.6 Å². The first-order valence-corrected chi connectivity index (χ1v) is 8.62. The minimum Gasteiger partial charge on any atom is -0.461 e. The first kappa shape index (κ1) is 19.6. The number of hydrogen-bond acceptors (Lipinski definition) is 7. The molecular formula is C16H26N2O4S. The van der Waals surface area contributed by atoms with E-state index in [2.05, 4.69) is 4.98 Å². The fraction of sp³-hybridized carbons (Fsp3) is 0.688. The molecule has 0 fully saturated rings. The zero-order valence-corrected chi connectivity index (χ0v) is 15.2. The Morgan fingerprint density at radius 2 is 2.04 bits per heavy atom. The summed E-state index contributed by atoms with van der Waals surface area (Å²) in [7, 11) is 0. The number of nitrogens with two attached hydrogens (primary N) is 1. The van der Waals surface area contributed by atoms with Crippen LogP contribution in [0.3, 0.4) is 0 Å². The molecule has 1 aromatic rings. The molecule has 7 heteroatoms. The highest BCUT2D eigenvalue weighted by Gasteiger charge is 2.26. The minimum atomic E-state index is -0.668. The van der Waals surface area contributed by atoms with E-state index in [4.69, 9.17) is 15.2 Å². The standard InChI is InChI=1S/C16H26N2O4S/c1-6-21-14(19)11-9-23-12(18-11)8-7-10(2)13(17)15(20)22-16(3,4)5/h9-10,13H,6-8,17H2,1-5H3. The SMILES string of the molecule is CCOC(=O)c1csc(CCC(C)C(N)C(=O)OC(C)(C)C)n1. The summed E-state index contributed by atoms with van der Waals surface area (Å²) in [5.41, 5.74) is 5.75. The van der Waals surface area contributed by atoms with Crippen molar-refractivity contribution in [1.82, 2.24) is 4.98 Å². The van der Waals surface area contributed by atoms with Gasteiger partial charge in [-0.15, -0.1) is 11.3 Å². The van der Waals surface area contributed by atoms with Gasteiger partial charge in [0.25, 0.3) is 0 Å². The third-order valence-corrected chi connectivity index (χ3v) is 4.05. The zero-order valence-electron chi connectivity index (χ0n) is 14.4. The van der Waals surface area contributed by atoms with Gasteiger partial charge in [-0.25, -0.2) is 9.78 Å². The van der Waals surface area contributed by atoms with Crippen LogP contribution in [0.4, 0.5) is 0 Å². The lowest BCUT2D eigenvalue weighted by Crippen LogP contribution is -2.41. The van der Waals surface area contributed by atoms with Gasteiger partial charge in [0.15, 0.2) is 5.69 Å². The molecule has 0 radical (unpaired) electrons. The van der Waals surface area contributed by atoms with Crippen LogP contribution >= 0.6 is 11.3 Å². The third kappa shape index (κ3) is 6.66. The molecule has 2 atom stereocenters. The molecule has 2 unspecified atom stereocenters. The van der Waals surface area contributed by atoms with E-state index in [-0.39, 0.29) is 5.92 Å². The van der Waals surface area contributed by atoms with Crippen molar-refractivity contribution in [2.45, 2.75) is 59.1 Å². The van der Waals surface area contributed by atoms with Crippen molar-refractivity contribution in [3.63, 3.8) is 0 Å². The van der Waals surface area contributed by atoms with Gasteiger partial charge in [-0.1, -0.05) is 6.92 Å². The number of carbonyl (C=O) groups excluding carboxylic acids is 2. The molecule has 0 aromatic carbocycles.